The van der Waals surface area contributed by atoms with Crippen LogP contribution in [0.15, 0.2) is 24.4 Å². The van der Waals surface area contributed by atoms with Crippen molar-refractivity contribution in [3.63, 3.8) is 0 Å². The van der Waals surface area contributed by atoms with Crippen LogP contribution in [0.1, 0.15) is 25.0 Å². The molecule has 0 bridgehead atoms. The van der Waals surface area contributed by atoms with Crippen LogP contribution in [0.3, 0.4) is 0 Å². The fraction of sp³-hybridized carbons (Fsp3) is 0.474. The van der Waals surface area contributed by atoms with Crippen LogP contribution in [0, 0.1) is 0 Å². The number of nitrogens with two attached hydrogens (primary N) is 2. The van der Waals surface area contributed by atoms with Gasteiger partial charge in [-0.1, -0.05) is 6.07 Å². The Kier molecular flexibility index (Phi) is 22.4. The molecule has 4 radical (unpaired) electrons. The number of aliphatic carboxylic acids is 1. The van der Waals surface area contributed by atoms with Gasteiger partial charge in [0.25, 0.3) is 0 Å². The van der Waals surface area contributed by atoms with Crippen LogP contribution in [0.4, 0.5) is 0 Å². The molecule has 1 saturated carbocycles. The van der Waals surface area contributed by atoms with Crippen molar-refractivity contribution in [1.82, 2.24) is 15.2 Å². The maximum Gasteiger partial charge on any atom is 4.00 e. The molecular formula is C19H25N5O6Tc+. The summed E-state index contributed by atoms with van der Waals surface area (Å²) in [4.78, 5) is 51.5. The zero-order valence-corrected chi connectivity index (χ0v) is 18.6. The minimum atomic E-state index is -0.982. The van der Waals surface area contributed by atoms with Crippen LogP contribution in [0.25, 0.3) is 0 Å². The summed E-state index contributed by atoms with van der Waals surface area (Å²) in [6.07, 6.45) is 3.85. The number of pyridine rings is 1. The topological polar surface area (TPSA) is 186 Å². The van der Waals surface area contributed by atoms with Gasteiger partial charge in [-0.25, -0.2) is 0 Å². The molecule has 2 rings (SSSR count). The third kappa shape index (κ3) is 15.1. The van der Waals surface area contributed by atoms with E-state index in [1.807, 2.05) is 6.07 Å². The molecule has 11 nitrogen and oxygen atoms in total. The largest absolute Gasteiger partial charge is 4.00 e. The fourth-order valence-corrected chi connectivity index (χ4v) is 2.92. The molecule has 1 unspecified atom stereocenters. The average molecular weight is 517 g/mol. The molecular weight excluding hydrogens is 492 g/mol. The molecule has 1 aliphatic carbocycles. The van der Waals surface area contributed by atoms with E-state index in [0.717, 1.165) is 18.5 Å². The first kappa shape index (κ1) is 33.3. The molecule has 1 aromatic rings. The molecule has 1 fully saturated rings. The van der Waals surface area contributed by atoms with Crippen molar-refractivity contribution in [3.05, 3.63) is 30.1 Å². The molecule has 1 heterocycles. The second-order valence-corrected chi connectivity index (χ2v) is 6.27. The van der Waals surface area contributed by atoms with E-state index in [4.69, 9.17) is 31.0 Å². The third-order valence-electron chi connectivity index (χ3n) is 4.16. The van der Waals surface area contributed by atoms with E-state index in [2.05, 4.69) is 30.7 Å². The van der Waals surface area contributed by atoms with E-state index in [1.165, 1.54) is 0 Å². The Labute approximate surface area is 195 Å². The summed E-state index contributed by atoms with van der Waals surface area (Å²) in [5.74, 6) is -1.19. The van der Waals surface area contributed by atoms with Crippen molar-refractivity contribution in [2.45, 2.75) is 43.9 Å². The number of nitrogens with zero attached hydrogens (tertiary/aromatic N) is 2. The Balaban J connectivity index is -0.00000103. The minimum Gasteiger partial charge on any atom is -0.573 e. The van der Waals surface area contributed by atoms with Gasteiger partial charge in [0, 0.05) is 30.9 Å². The first-order chi connectivity index (χ1) is 14.4. The van der Waals surface area contributed by atoms with Crippen molar-refractivity contribution in [2.24, 2.45) is 11.5 Å². The number of carbonyl (C=O) groups is 2. The molecule has 3 atom stereocenters. The van der Waals surface area contributed by atoms with Gasteiger partial charge in [0.1, 0.15) is 0 Å². The Hall–Kier alpha value is -2.37. The fourth-order valence-electron chi connectivity index (χ4n) is 2.92. The van der Waals surface area contributed by atoms with Crippen molar-refractivity contribution in [1.29, 1.82) is 0 Å². The summed E-state index contributed by atoms with van der Waals surface area (Å²) >= 11 is 0. The molecule has 12 heteroatoms. The van der Waals surface area contributed by atoms with E-state index in [0.29, 0.717) is 13.0 Å². The van der Waals surface area contributed by atoms with E-state index in [9.17, 15) is 9.59 Å². The van der Waals surface area contributed by atoms with Gasteiger partial charge in [-0.3, -0.25) is 19.5 Å². The second kappa shape index (κ2) is 20.9. The van der Waals surface area contributed by atoms with E-state index < -0.39 is 5.97 Å². The van der Waals surface area contributed by atoms with E-state index in [1.54, 1.807) is 23.2 Å². The van der Waals surface area contributed by atoms with E-state index >= 15 is 0 Å². The number of nitrogens with one attached hydrogen (secondary N) is 1. The van der Waals surface area contributed by atoms with Crippen LogP contribution in [0.5, 0.6) is 0 Å². The number of hydrogen-bond donors (Lipinski definition) is 4. The Bertz CT molecular complexity index is 608. The molecule has 168 valence electrons. The first-order valence-electron chi connectivity index (χ1n) is 8.70. The Morgan fingerprint density at radius 3 is 2.16 bits per heavy atom. The molecule has 6 N–H and O–H groups in total. The molecule has 1 aromatic heterocycles. The van der Waals surface area contributed by atoms with Gasteiger partial charge in [-0.05, 0) is 31.4 Å². The number of rotatable bonds is 7. The molecule has 0 aromatic carbocycles. The smallest absolute Gasteiger partial charge is 0.573 e. The summed E-state index contributed by atoms with van der Waals surface area (Å²) in [7, 11) is 0. The standard InChI is InChI=1S/C16H25N5O3.3CO.Tc/c17-13-5-4-11(7-14(13)18)20-15(22)9-21(10-16(23)24)8-12-3-1-2-6-19-12;3*1-2;/h1-3,6,11,13-14H,4-5,7-10,17-18H2,(H,20,22)(H,23,24);;;;/q;3*-1;+4/t11?,13-,14+;;;;/m1..../s1. The molecule has 0 aliphatic heterocycles. The van der Waals surface area contributed by atoms with Crippen LogP contribution in [-0.4, -0.2) is 78.4 Å². The number of carboxylic acids is 1. The normalized spacial score (nSPS) is 18.9. The summed E-state index contributed by atoms with van der Waals surface area (Å²) in [6.45, 7) is 13.6. The van der Waals surface area contributed by atoms with Gasteiger partial charge in [-0.2, -0.15) is 0 Å². The van der Waals surface area contributed by atoms with Crippen molar-refractivity contribution in [3.8, 4) is 0 Å². The monoisotopic (exact) mass is 516 g/mol. The second-order valence-electron chi connectivity index (χ2n) is 6.27. The SMILES string of the molecule is N[C@@H]1CCC(NC(=O)CN(CC(=O)O)Cc2ccccn2)C[C@@H]1N.[C-]=O.[C-]=O.[C-]=O.[Tc+4]. The number of carbonyl (C=O) groups excluding carboxylic acids is 4. The van der Waals surface area contributed by atoms with Gasteiger partial charge < -0.3 is 56.6 Å². The van der Waals surface area contributed by atoms with Gasteiger partial charge in [0.15, 0.2) is 0 Å². The average Bonchev–Trinajstić information content (AvgIpc) is 2.75. The molecule has 0 spiro atoms. The van der Waals surface area contributed by atoms with Crippen LogP contribution in [-0.2, 0) is 50.6 Å². The predicted octanol–water partition coefficient (Wildman–Crippen LogP) is -1.90. The van der Waals surface area contributed by atoms with Gasteiger partial charge in [0.05, 0.1) is 18.8 Å². The zero-order valence-electron chi connectivity index (χ0n) is 16.7. The number of amides is 1. The quantitative estimate of drug-likeness (QED) is 0.298. The van der Waals surface area contributed by atoms with Gasteiger partial charge in [-0.15, -0.1) is 0 Å². The van der Waals surface area contributed by atoms with Crippen LogP contribution >= 0.6 is 0 Å². The molecule has 0 saturated heterocycles. The van der Waals surface area contributed by atoms with Gasteiger partial charge in [0.2, 0.25) is 5.91 Å². The van der Waals surface area contributed by atoms with E-state index in [-0.39, 0.29) is 57.2 Å². The molecule has 1 amide bonds. The summed E-state index contributed by atoms with van der Waals surface area (Å²) in [5.41, 5.74) is 12.5. The van der Waals surface area contributed by atoms with Crippen molar-refractivity contribution in [2.75, 3.05) is 13.1 Å². The van der Waals surface area contributed by atoms with Crippen LogP contribution in [0.2, 0.25) is 0 Å². The Morgan fingerprint density at radius 2 is 1.68 bits per heavy atom. The first-order valence-corrected chi connectivity index (χ1v) is 8.70. The Morgan fingerprint density at radius 1 is 1.06 bits per heavy atom. The van der Waals surface area contributed by atoms with Crippen LogP contribution < -0.4 is 16.8 Å². The molecule has 1 aliphatic rings. The maximum absolute atomic E-state index is 12.2. The predicted molar refractivity (Wildman–Crippen MR) is 106 cm³/mol. The summed E-state index contributed by atoms with van der Waals surface area (Å²) < 4.78 is 0. The number of carboxylic acid groups (broad SMARTS) is 1. The van der Waals surface area contributed by atoms with Crippen molar-refractivity contribution < 1.29 is 49.2 Å². The minimum absolute atomic E-state index is 0. The third-order valence-corrected chi connectivity index (χ3v) is 4.16. The number of hydrogen-bond acceptors (Lipinski definition) is 9. The molecule has 31 heavy (non-hydrogen) atoms. The maximum atomic E-state index is 12.2. The zero-order chi connectivity index (χ0) is 23.5. The van der Waals surface area contributed by atoms with Crippen molar-refractivity contribution >= 4 is 32.2 Å². The number of aromatic nitrogens is 1. The summed E-state index contributed by atoms with van der Waals surface area (Å²) in [6, 6.07) is 5.27. The van der Waals surface area contributed by atoms with Gasteiger partial charge >= 0.3 is 26.1 Å². The summed E-state index contributed by atoms with van der Waals surface area (Å²) in [5, 5.41) is 12.0.